The fraction of sp³-hybridized carbons (Fsp3) is 0.0909. The van der Waals surface area contributed by atoms with Gasteiger partial charge in [0.2, 0.25) is 0 Å². The van der Waals surface area contributed by atoms with Crippen molar-refractivity contribution in [2.75, 3.05) is 17.7 Å². The third-order valence-corrected chi connectivity index (χ3v) is 2.32. The van der Waals surface area contributed by atoms with Crippen molar-refractivity contribution in [3.8, 4) is 0 Å². The van der Waals surface area contributed by atoms with Gasteiger partial charge in [-0.2, -0.15) is 0 Å². The van der Waals surface area contributed by atoms with Gasteiger partial charge in [0.15, 0.2) is 5.82 Å². The predicted molar refractivity (Wildman–Crippen MR) is 66.3 cm³/mol. The van der Waals surface area contributed by atoms with Crippen molar-refractivity contribution in [2.24, 2.45) is 0 Å². The van der Waals surface area contributed by atoms with Gasteiger partial charge in [-0.15, -0.1) is 0 Å². The molecule has 0 saturated carbocycles. The SMILES string of the molecule is CNc1cncc(Nc2ccc(Cl)cc2F)n1. The smallest absolute Gasteiger partial charge is 0.151 e. The van der Waals surface area contributed by atoms with Crippen molar-refractivity contribution in [1.29, 1.82) is 0 Å². The summed E-state index contributed by atoms with van der Waals surface area (Å²) in [7, 11) is 1.73. The van der Waals surface area contributed by atoms with Crippen molar-refractivity contribution in [2.45, 2.75) is 0 Å². The molecule has 0 radical (unpaired) electrons. The second-order valence-electron chi connectivity index (χ2n) is 3.29. The third kappa shape index (κ3) is 2.82. The summed E-state index contributed by atoms with van der Waals surface area (Å²) in [6.45, 7) is 0. The molecule has 6 heteroatoms. The lowest BCUT2D eigenvalue weighted by atomic mass is 10.3. The third-order valence-electron chi connectivity index (χ3n) is 2.08. The number of nitrogens with one attached hydrogen (secondary N) is 2. The molecule has 0 amide bonds. The van der Waals surface area contributed by atoms with Gasteiger partial charge in [-0.3, -0.25) is 4.98 Å². The Hall–Kier alpha value is -1.88. The second kappa shape index (κ2) is 4.97. The molecule has 0 fully saturated rings. The number of anilines is 3. The maximum absolute atomic E-state index is 13.5. The lowest BCUT2D eigenvalue weighted by Gasteiger charge is -2.07. The van der Waals surface area contributed by atoms with Crippen molar-refractivity contribution in [3.63, 3.8) is 0 Å². The Labute approximate surface area is 103 Å². The van der Waals surface area contributed by atoms with E-state index < -0.39 is 5.82 Å². The number of rotatable bonds is 3. The highest BCUT2D eigenvalue weighted by Gasteiger charge is 2.04. The van der Waals surface area contributed by atoms with E-state index in [1.807, 2.05) is 0 Å². The first-order valence-corrected chi connectivity index (χ1v) is 5.28. The molecule has 2 N–H and O–H groups in total. The molecule has 0 aliphatic carbocycles. The molecular weight excluding hydrogens is 243 g/mol. The van der Waals surface area contributed by atoms with Crippen LogP contribution in [0.15, 0.2) is 30.6 Å². The Kier molecular flexibility index (Phi) is 3.39. The topological polar surface area (TPSA) is 49.8 Å². The van der Waals surface area contributed by atoms with Crippen molar-refractivity contribution in [3.05, 3.63) is 41.4 Å². The Morgan fingerprint density at radius 1 is 1.24 bits per heavy atom. The molecule has 0 saturated heterocycles. The standard InChI is InChI=1S/C11H10ClFN4/c1-14-10-5-15-6-11(17-10)16-9-3-2-7(12)4-8(9)13/h2-6H,1H3,(H2,14,16,17). The number of nitrogens with zero attached hydrogens (tertiary/aromatic N) is 2. The zero-order chi connectivity index (χ0) is 12.3. The molecular formula is C11H10ClFN4. The molecule has 2 rings (SSSR count). The minimum Gasteiger partial charge on any atom is -0.372 e. The summed E-state index contributed by atoms with van der Waals surface area (Å²) in [6.07, 6.45) is 3.08. The fourth-order valence-electron chi connectivity index (χ4n) is 1.28. The first-order chi connectivity index (χ1) is 8.19. The van der Waals surface area contributed by atoms with Gasteiger partial charge in [0.1, 0.15) is 11.6 Å². The van der Waals surface area contributed by atoms with Crippen LogP contribution < -0.4 is 10.6 Å². The number of benzene rings is 1. The minimum atomic E-state index is -0.436. The van der Waals surface area contributed by atoms with Gasteiger partial charge in [-0.25, -0.2) is 9.37 Å². The summed E-state index contributed by atoms with van der Waals surface area (Å²) in [5.74, 6) is 0.622. The van der Waals surface area contributed by atoms with Crippen LogP contribution in [0.1, 0.15) is 0 Å². The van der Waals surface area contributed by atoms with E-state index in [0.717, 1.165) is 0 Å². The highest BCUT2D eigenvalue weighted by Crippen LogP contribution is 2.22. The molecule has 0 spiro atoms. The van der Waals surface area contributed by atoms with Gasteiger partial charge >= 0.3 is 0 Å². The van der Waals surface area contributed by atoms with E-state index in [2.05, 4.69) is 20.6 Å². The lowest BCUT2D eigenvalue weighted by molar-refractivity contribution is 0.632. The predicted octanol–water partition coefficient (Wildman–Crippen LogP) is 3.05. The highest BCUT2D eigenvalue weighted by molar-refractivity contribution is 6.30. The van der Waals surface area contributed by atoms with Gasteiger partial charge in [-0.05, 0) is 18.2 Å². The average molecular weight is 253 g/mol. The van der Waals surface area contributed by atoms with E-state index in [4.69, 9.17) is 11.6 Å². The van der Waals surface area contributed by atoms with Crippen LogP contribution in [0, 0.1) is 5.82 Å². The molecule has 17 heavy (non-hydrogen) atoms. The molecule has 1 aromatic heterocycles. The Morgan fingerprint density at radius 2 is 2.00 bits per heavy atom. The van der Waals surface area contributed by atoms with Gasteiger partial charge in [0.05, 0.1) is 18.1 Å². The van der Waals surface area contributed by atoms with Crippen LogP contribution in [0.25, 0.3) is 0 Å². The zero-order valence-corrected chi connectivity index (χ0v) is 9.79. The summed E-state index contributed by atoms with van der Waals surface area (Å²) in [6, 6.07) is 4.38. The van der Waals surface area contributed by atoms with Gasteiger partial charge < -0.3 is 10.6 Å². The molecule has 0 atom stereocenters. The van der Waals surface area contributed by atoms with Crippen LogP contribution in [-0.4, -0.2) is 17.0 Å². The van der Waals surface area contributed by atoms with E-state index in [1.54, 1.807) is 25.4 Å². The van der Waals surface area contributed by atoms with Crippen LogP contribution >= 0.6 is 11.6 Å². The number of halogens is 2. The molecule has 0 bridgehead atoms. The van der Waals surface area contributed by atoms with Crippen LogP contribution in [0.2, 0.25) is 5.02 Å². The summed E-state index contributed by atoms with van der Waals surface area (Å²) in [5, 5.41) is 6.03. The highest BCUT2D eigenvalue weighted by atomic mass is 35.5. The normalized spacial score (nSPS) is 10.1. The molecule has 2 aromatic rings. The van der Waals surface area contributed by atoms with Gasteiger partial charge in [0, 0.05) is 12.1 Å². The number of hydrogen-bond donors (Lipinski definition) is 2. The molecule has 1 heterocycles. The van der Waals surface area contributed by atoms with Crippen molar-refractivity contribution in [1.82, 2.24) is 9.97 Å². The summed E-state index contributed by atoms with van der Waals surface area (Å²) in [4.78, 5) is 8.13. The van der Waals surface area contributed by atoms with E-state index in [1.165, 1.54) is 12.3 Å². The summed E-state index contributed by atoms with van der Waals surface area (Å²) >= 11 is 5.66. The molecule has 0 aliphatic heterocycles. The maximum Gasteiger partial charge on any atom is 0.151 e. The maximum atomic E-state index is 13.5. The number of hydrogen-bond acceptors (Lipinski definition) is 4. The fourth-order valence-corrected chi connectivity index (χ4v) is 1.43. The van der Waals surface area contributed by atoms with Crippen LogP contribution in [0.5, 0.6) is 0 Å². The van der Waals surface area contributed by atoms with Crippen LogP contribution in [0.3, 0.4) is 0 Å². The zero-order valence-electron chi connectivity index (χ0n) is 9.04. The number of aromatic nitrogens is 2. The Bertz CT molecular complexity index is 533. The van der Waals surface area contributed by atoms with Crippen LogP contribution in [-0.2, 0) is 0 Å². The molecule has 1 aromatic carbocycles. The van der Waals surface area contributed by atoms with Crippen molar-refractivity contribution >= 4 is 28.9 Å². The van der Waals surface area contributed by atoms with Crippen molar-refractivity contribution < 1.29 is 4.39 Å². The van der Waals surface area contributed by atoms with E-state index in [9.17, 15) is 4.39 Å². The van der Waals surface area contributed by atoms with E-state index >= 15 is 0 Å². The van der Waals surface area contributed by atoms with Gasteiger partial charge in [-0.1, -0.05) is 11.6 Å². The second-order valence-corrected chi connectivity index (χ2v) is 3.73. The molecule has 0 unspecified atom stereocenters. The lowest BCUT2D eigenvalue weighted by Crippen LogP contribution is -2.00. The monoisotopic (exact) mass is 252 g/mol. The molecule has 4 nitrogen and oxygen atoms in total. The first kappa shape index (κ1) is 11.6. The minimum absolute atomic E-state index is 0.303. The van der Waals surface area contributed by atoms with Gasteiger partial charge in [0.25, 0.3) is 0 Å². The largest absolute Gasteiger partial charge is 0.372 e. The molecule has 88 valence electrons. The molecule has 0 aliphatic rings. The average Bonchev–Trinajstić information content (AvgIpc) is 2.33. The Morgan fingerprint density at radius 3 is 2.71 bits per heavy atom. The van der Waals surface area contributed by atoms with E-state index in [0.29, 0.717) is 22.3 Å². The first-order valence-electron chi connectivity index (χ1n) is 4.91. The Balaban J connectivity index is 2.25. The van der Waals surface area contributed by atoms with Crippen LogP contribution in [0.4, 0.5) is 21.7 Å². The quantitative estimate of drug-likeness (QED) is 0.882. The van der Waals surface area contributed by atoms with E-state index in [-0.39, 0.29) is 0 Å². The summed E-state index contributed by atoms with van der Waals surface area (Å²) < 4.78 is 13.5. The summed E-state index contributed by atoms with van der Waals surface area (Å²) in [5.41, 5.74) is 0.303.